The second-order valence-electron chi connectivity index (χ2n) is 8.23. The molecule has 0 bridgehead atoms. The van der Waals surface area contributed by atoms with Gasteiger partial charge in [0.2, 0.25) is 5.91 Å². The van der Waals surface area contributed by atoms with Crippen LogP contribution in [0, 0.1) is 0 Å². The van der Waals surface area contributed by atoms with Crippen molar-refractivity contribution in [1.29, 1.82) is 0 Å². The van der Waals surface area contributed by atoms with Crippen molar-refractivity contribution < 1.29 is 9.59 Å². The SMILES string of the molecule is O=C(Cn1cc(C=C2C(=O)Nc3ccccc32)c2ccccc21)NCCCc1ccccc1. The van der Waals surface area contributed by atoms with Crippen molar-refractivity contribution in [1.82, 2.24) is 9.88 Å². The maximum absolute atomic E-state index is 12.6. The Morgan fingerprint density at radius 3 is 2.58 bits per heavy atom. The number of amides is 2. The number of nitrogens with zero attached hydrogens (tertiary/aromatic N) is 1. The van der Waals surface area contributed by atoms with Gasteiger partial charge in [-0.3, -0.25) is 9.59 Å². The largest absolute Gasteiger partial charge is 0.355 e. The number of aryl methyl sites for hydroxylation is 1. The Bertz CT molecular complexity index is 1350. The summed E-state index contributed by atoms with van der Waals surface area (Å²) in [5.41, 5.74) is 5.53. The van der Waals surface area contributed by atoms with Crippen LogP contribution < -0.4 is 10.6 Å². The third-order valence-electron chi connectivity index (χ3n) is 5.95. The summed E-state index contributed by atoms with van der Waals surface area (Å²) in [6, 6.07) is 25.9. The summed E-state index contributed by atoms with van der Waals surface area (Å²) < 4.78 is 1.95. The summed E-state index contributed by atoms with van der Waals surface area (Å²) in [7, 11) is 0. The minimum absolute atomic E-state index is 0.0213. The van der Waals surface area contributed by atoms with Gasteiger partial charge in [-0.2, -0.15) is 0 Å². The van der Waals surface area contributed by atoms with Crippen molar-refractivity contribution in [3.8, 4) is 0 Å². The van der Waals surface area contributed by atoms with Crippen LogP contribution in [0.4, 0.5) is 5.69 Å². The van der Waals surface area contributed by atoms with Gasteiger partial charge in [0.25, 0.3) is 5.91 Å². The summed E-state index contributed by atoms with van der Waals surface area (Å²) in [6.45, 7) is 0.874. The number of hydrogen-bond acceptors (Lipinski definition) is 2. The molecule has 3 aromatic carbocycles. The van der Waals surface area contributed by atoms with E-state index in [1.165, 1.54) is 5.56 Å². The van der Waals surface area contributed by atoms with Gasteiger partial charge in [0.1, 0.15) is 6.54 Å². The molecule has 5 heteroatoms. The monoisotopic (exact) mass is 435 g/mol. The molecule has 2 heterocycles. The maximum Gasteiger partial charge on any atom is 0.256 e. The average Bonchev–Trinajstić information content (AvgIpc) is 3.35. The number of carbonyl (C=O) groups excluding carboxylic acids is 2. The minimum Gasteiger partial charge on any atom is -0.355 e. The number of anilines is 1. The Kier molecular flexibility index (Phi) is 5.77. The van der Waals surface area contributed by atoms with Crippen LogP contribution in [0.25, 0.3) is 22.6 Å². The van der Waals surface area contributed by atoms with E-state index in [-0.39, 0.29) is 18.4 Å². The van der Waals surface area contributed by atoms with E-state index in [2.05, 4.69) is 22.8 Å². The van der Waals surface area contributed by atoms with Crippen LogP contribution in [0.2, 0.25) is 0 Å². The molecule has 2 N–H and O–H groups in total. The Labute approximate surface area is 192 Å². The molecule has 1 aliphatic heterocycles. The molecular weight excluding hydrogens is 410 g/mol. The van der Waals surface area contributed by atoms with E-state index in [0.29, 0.717) is 12.1 Å². The molecular formula is C28H25N3O2. The molecule has 33 heavy (non-hydrogen) atoms. The Hall–Kier alpha value is -4.12. The Balaban J connectivity index is 1.32. The summed E-state index contributed by atoms with van der Waals surface area (Å²) in [5.74, 6) is -0.129. The van der Waals surface area contributed by atoms with Gasteiger partial charge in [-0.15, -0.1) is 0 Å². The summed E-state index contributed by atoms with van der Waals surface area (Å²) in [6.07, 6.45) is 5.70. The number of nitrogens with one attached hydrogen (secondary N) is 2. The highest BCUT2D eigenvalue weighted by Gasteiger charge is 2.24. The zero-order chi connectivity index (χ0) is 22.6. The molecule has 0 fully saturated rings. The fraction of sp³-hybridized carbons (Fsp3) is 0.143. The minimum atomic E-state index is -0.107. The molecule has 0 unspecified atom stereocenters. The van der Waals surface area contributed by atoms with Crippen molar-refractivity contribution >= 4 is 40.1 Å². The van der Waals surface area contributed by atoms with Gasteiger partial charge in [0.15, 0.2) is 0 Å². The molecule has 4 aromatic rings. The lowest BCUT2D eigenvalue weighted by atomic mass is 10.0. The van der Waals surface area contributed by atoms with E-state index < -0.39 is 0 Å². The van der Waals surface area contributed by atoms with E-state index in [4.69, 9.17) is 0 Å². The molecule has 5 rings (SSSR count). The first-order valence-corrected chi connectivity index (χ1v) is 11.2. The van der Waals surface area contributed by atoms with Crippen molar-refractivity contribution in [2.75, 3.05) is 11.9 Å². The van der Waals surface area contributed by atoms with Crippen LogP contribution in [-0.4, -0.2) is 22.9 Å². The van der Waals surface area contributed by atoms with Gasteiger partial charge in [-0.05, 0) is 36.6 Å². The zero-order valence-electron chi connectivity index (χ0n) is 18.3. The number of rotatable bonds is 7. The predicted octanol–water partition coefficient (Wildman–Crippen LogP) is 4.88. The summed E-state index contributed by atoms with van der Waals surface area (Å²) in [5, 5.41) is 6.96. The van der Waals surface area contributed by atoms with Crippen LogP contribution in [0.15, 0.2) is 85.1 Å². The highest BCUT2D eigenvalue weighted by molar-refractivity contribution is 6.35. The van der Waals surface area contributed by atoms with Gasteiger partial charge in [-0.1, -0.05) is 66.7 Å². The lowest BCUT2D eigenvalue weighted by Gasteiger charge is -2.07. The third kappa shape index (κ3) is 4.44. The first-order chi connectivity index (χ1) is 16.2. The molecule has 1 aromatic heterocycles. The standard InChI is InChI=1S/C28H25N3O2/c32-27(29-16-8-11-20-9-2-1-3-10-20)19-31-18-21(22-12-5-7-15-26(22)31)17-24-23-13-4-6-14-25(23)30-28(24)33/h1-7,9-10,12-15,17-18H,8,11,16,19H2,(H,29,32)(H,30,33). The van der Waals surface area contributed by atoms with Crippen LogP contribution in [0.3, 0.4) is 0 Å². The predicted molar refractivity (Wildman–Crippen MR) is 133 cm³/mol. The summed E-state index contributed by atoms with van der Waals surface area (Å²) in [4.78, 5) is 25.2. The van der Waals surface area contributed by atoms with Crippen molar-refractivity contribution in [2.24, 2.45) is 0 Å². The van der Waals surface area contributed by atoms with Gasteiger partial charge < -0.3 is 15.2 Å². The van der Waals surface area contributed by atoms with Crippen LogP contribution in [0.1, 0.15) is 23.1 Å². The van der Waals surface area contributed by atoms with Gasteiger partial charge in [0.05, 0.1) is 0 Å². The fourth-order valence-corrected chi connectivity index (χ4v) is 4.33. The van der Waals surface area contributed by atoms with Crippen LogP contribution in [-0.2, 0) is 22.6 Å². The van der Waals surface area contributed by atoms with Gasteiger partial charge in [-0.25, -0.2) is 0 Å². The second-order valence-corrected chi connectivity index (χ2v) is 8.23. The lowest BCUT2D eigenvalue weighted by Crippen LogP contribution is -2.28. The lowest BCUT2D eigenvalue weighted by molar-refractivity contribution is -0.121. The highest BCUT2D eigenvalue weighted by atomic mass is 16.2. The molecule has 0 saturated heterocycles. The number of carbonyl (C=O) groups is 2. The smallest absolute Gasteiger partial charge is 0.256 e. The maximum atomic E-state index is 12.6. The second kappa shape index (κ2) is 9.17. The summed E-state index contributed by atoms with van der Waals surface area (Å²) >= 11 is 0. The third-order valence-corrected chi connectivity index (χ3v) is 5.95. The molecule has 0 atom stereocenters. The van der Waals surface area contributed by atoms with Crippen molar-refractivity contribution in [2.45, 2.75) is 19.4 Å². The molecule has 164 valence electrons. The molecule has 0 radical (unpaired) electrons. The fourth-order valence-electron chi connectivity index (χ4n) is 4.33. The first kappa shape index (κ1) is 20.8. The van der Waals surface area contributed by atoms with Gasteiger partial charge >= 0.3 is 0 Å². The van der Waals surface area contributed by atoms with E-state index in [9.17, 15) is 9.59 Å². The van der Waals surface area contributed by atoms with E-state index in [0.717, 1.165) is 40.6 Å². The molecule has 1 aliphatic rings. The number of benzene rings is 3. The number of para-hydroxylation sites is 2. The Morgan fingerprint density at radius 1 is 0.939 bits per heavy atom. The molecule has 2 amide bonds. The van der Waals surface area contributed by atoms with E-state index in [1.807, 2.05) is 83.6 Å². The molecule has 0 spiro atoms. The van der Waals surface area contributed by atoms with Gasteiger partial charge in [0, 0.05) is 46.0 Å². The molecule has 0 aliphatic carbocycles. The number of aromatic nitrogens is 1. The normalized spacial score (nSPS) is 13.8. The topological polar surface area (TPSA) is 63.1 Å². The van der Waals surface area contributed by atoms with Crippen molar-refractivity contribution in [3.63, 3.8) is 0 Å². The van der Waals surface area contributed by atoms with E-state index >= 15 is 0 Å². The van der Waals surface area contributed by atoms with Crippen LogP contribution in [0.5, 0.6) is 0 Å². The molecule has 0 saturated carbocycles. The van der Waals surface area contributed by atoms with Crippen LogP contribution >= 0.6 is 0 Å². The zero-order valence-corrected chi connectivity index (χ0v) is 18.3. The molecule has 5 nitrogen and oxygen atoms in total. The quantitative estimate of drug-likeness (QED) is 0.321. The van der Waals surface area contributed by atoms with E-state index in [1.54, 1.807) is 0 Å². The number of fused-ring (bicyclic) bond motifs is 2. The number of hydrogen-bond donors (Lipinski definition) is 2. The highest BCUT2D eigenvalue weighted by Crippen LogP contribution is 2.34. The first-order valence-electron chi connectivity index (χ1n) is 11.2. The van der Waals surface area contributed by atoms with Crippen molar-refractivity contribution in [3.05, 3.63) is 102 Å². The Morgan fingerprint density at radius 2 is 1.70 bits per heavy atom. The average molecular weight is 436 g/mol.